The first kappa shape index (κ1) is 24.4. The van der Waals surface area contributed by atoms with E-state index in [1.54, 1.807) is 12.1 Å². The zero-order valence-corrected chi connectivity index (χ0v) is 20.2. The molecule has 2 N–H and O–H groups in total. The molecule has 1 saturated carbocycles. The van der Waals surface area contributed by atoms with Crippen LogP contribution in [0, 0.1) is 11.7 Å². The van der Waals surface area contributed by atoms with Crippen molar-refractivity contribution < 1.29 is 23.5 Å². The molecule has 0 radical (unpaired) electrons. The van der Waals surface area contributed by atoms with Gasteiger partial charge in [0.15, 0.2) is 0 Å². The number of morpholine rings is 1. The Morgan fingerprint density at radius 2 is 1.88 bits per heavy atom. The molecular weight excluding hydrogens is 439 g/mol. The number of hydrogen-bond acceptors (Lipinski definition) is 5. The molecule has 1 spiro atoms. The third kappa shape index (κ3) is 5.04. The Hall–Kier alpha value is -2.68. The average molecular weight is 475 g/mol. The van der Waals surface area contributed by atoms with Gasteiger partial charge >= 0.3 is 6.03 Å². The number of carbonyl (C=O) groups is 3. The summed E-state index contributed by atoms with van der Waals surface area (Å²) in [5.41, 5.74) is 0.256. The van der Waals surface area contributed by atoms with Gasteiger partial charge in [0, 0.05) is 19.6 Å². The quantitative estimate of drug-likeness (QED) is 0.619. The Morgan fingerprint density at radius 1 is 1.21 bits per heavy atom. The molecule has 34 heavy (non-hydrogen) atoms. The monoisotopic (exact) mass is 474 g/mol. The summed E-state index contributed by atoms with van der Waals surface area (Å²) in [5.74, 6) is -0.545. The zero-order chi connectivity index (χ0) is 24.5. The lowest BCUT2D eigenvalue weighted by molar-refractivity contribution is -0.136. The van der Waals surface area contributed by atoms with Gasteiger partial charge in [0.05, 0.1) is 17.9 Å². The molecule has 3 aliphatic rings. The first-order valence-electron chi connectivity index (χ1n) is 12.3. The van der Waals surface area contributed by atoms with Gasteiger partial charge in [0.25, 0.3) is 5.91 Å². The number of amides is 4. The van der Waals surface area contributed by atoms with E-state index in [0.29, 0.717) is 43.1 Å². The molecule has 1 aromatic carbocycles. The first-order chi connectivity index (χ1) is 16.2. The summed E-state index contributed by atoms with van der Waals surface area (Å²) >= 11 is 0. The van der Waals surface area contributed by atoms with Crippen molar-refractivity contribution in [3.8, 4) is 0 Å². The van der Waals surface area contributed by atoms with E-state index in [1.807, 2.05) is 18.7 Å². The van der Waals surface area contributed by atoms with Gasteiger partial charge < -0.3 is 20.3 Å². The maximum Gasteiger partial charge on any atom is 0.325 e. The topological polar surface area (TPSA) is 91.0 Å². The minimum Gasteiger partial charge on any atom is -0.372 e. The van der Waals surface area contributed by atoms with Crippen LogP contribution in [-0.2, 0) is 20.9 Å². The molecular formula is C25H35FN4O4. The van der Waals surface area contributed by atoms with Crippen LogP contribution in [0.1, 0.15) is 58.4 Å². The molecule has 2 unspecified atom stereocenters. The summed E-state index contributed by atoms with van der Waals surface area (Å²) < 4.78 is 20.5. The van der Waals surface area contributed by atoms with Gasteiger partial charge in [0.1, 0.15) is 17.9 Å². The number of rotatable bonds is 6. The van der Waals surface area contributed by atoms with Gasteiger partial charge in [-0.2, -0.15) is 0 Å². The van der Waals surface area contributed by atoms with Crippen LogP contribution in [0.4, 0.5) is 14.9 Å². The van der Waals surface area contributed by atoms with E-state index in [0.717, 1.165) is 24.2 Å². The molecule has 4 rings (SSSR count). The molecule has 4 amide bonds. The Bertz CT molecular complexity index is 937. The molecule has 3 fully saturated rings. The summed E-state index contributed by atoms with van der Waals surface area (Å²) in [5, 5.41) is 5.54. The summed E-state index contributed by atoms with van der Waals surface area (Å²) in [6, 6.07) is 4.39. The van der Waals surface area contributed by atoms with Crippen molar-refractivity contribution in [2.45, 2.75) is 77.2 Å². The number of nitrogens with zero attached hydrogens (tertiary/aromatic N) is 2. The normalized spacial score (nSPS) is 29.5. The van der Waals surface area contributed by atoms with Crippen molar-refractivity contribution >= 4 is 23.5 Å². The minimum atomic E-state index is -0.865. The molecule has 2 atom stereocenters. The van der Waals surface area contributed by atoms with Crippen molar-refractivity contribution in [1.82, 2.24) is 15.5 Å². The average Bonchev–Trinajstić information content (AvgIpc) is 3.01. The van der Waals surface area contributed by atoms with E-state index in [1.165, 1.54) is 6.07 Å². The van der Waals surface area contributed by atoms with Crippen molar-refractivity contribution in [3.05, 3.63) is 29.6 Å². The van der Waals surface area contributed by atoms with E-state index in [4.69, 9.17) is 4.74 Å². The number of benzene rings is 1. The van der Waals surface area contributed by atoms with Crippen LogP contribution in [0.3, 0.4) is 0 Å². The lowest BCUT2D eigenvalue weighted by Crippen LogP contribution is -2.50. The highest BCUT2D eigenvalue weighted by molar-refractivity contribution is 6.09. The summed E-state index contributed by atoms with van der Waals surface area (Å²) in [6.45, 7) is 7.07. The van der Waals surface area contributed by atoms with Gasteiger partial charge in [-0.15, -0.1) is 0 Å². The second-order valence-electron chi connectivity index (χ2n) is 9.98. The second kappa shape index (κ2) is 9.90. The molecule has 2 aliphatic heterocycles. The Balaban J connectivity index is 1.31. The zero-order valence-electron chi connectivity index (χ0n) is 20.2. The van der Waals surface area contributed by atoms with Crippen LogP contribution in [0.5, 0.6) is 0 Å². The first-order valence-corrected chi connectivity index (χ1v) is 12.3. The predicted octanol–water partition coefficient (Wildman–Crippen LogP) is 2.95. The van der Waals surface area contributed by atoms with Gasteiger partial charge in [0.2, 0.25) is 5.91 Å². The number of ether oxygens (including phenoxy) is 1. The highest BCUT2D eigenvalue weighted by Crippen LogP contribution is 2.37. The molecule has 2 saturated heterocycles. The standard InChI is InChI=1S/C25H35FN4O4/c1-4-18-7-9-25(10-8-18)23(32)30(24(33)28-25)15-22(31)27-12-19-5-6-21(20(26)11-19)29-13-16(2)34-17(3)14-29/h5-6,11,16-18H,4,7-10,12-15H2,1-3H3,(H,27,31)(H,28,33). The summed E-state index contributed by atoms with van der Waals surface area (Å²) in [7, 11) is 0. The molecule has 1 aromatic rings. The number of urea groups is 1. The number of imide groups is 1. The van der Waals surface area contributed by atoms with Gasteiger partial charge in [-0.25, -0.2) is 9.18 Å². The molecule has 0 bridgehead atoms. The fraction of sp³-hybridized carbons (Fsp3) is 0.640. The molecule has 186 valence electrons. The van der Waals surface area contributed by atoms with E-state index in [9.17, 15) is 18.8 Å². The maximum absolute atomic E-state index is 14.8. The number of halogens is 1. The van der Waals surface area contributed by atoms with Crippen LogP contribution in [0.2, 0.25) is 0 Å². The van der Waals surface area contributed by atoms with Crippen LogP contribution in [0.25, 0.3) is 0 Å². The van der Waals surface area contributed by atoms with Gasteiger partial charge in [-0.3, -0.25) is 14.5 Å². The molecule has 8 nitrogen and oxygen atoms in total. The van der Waals surface area contributed by atoms with Crippen LogP contribution in [0.15, 0.2) is 18.2 Å². The lowest BCUT2D eigenvalue weighted by atomic mass is 9.75. The van der Waals surface area contributed by atoms with Crippen molar-refractivity contribution in [1.29, 1.82) is 0 Å². The third-order valence-corrected chi connectivity index (χ3v) is 7.35. The molecule has 0 aromatic heterocycles. The fourth-order valence-electron chi connectivity index (χ4n) is 5.43. The fourth-order valence-corrected chi connectivity index (χ4v) is 5.43. The van der Waals surface area contributed by atoms with E-state index >= 15 is 0 Å². The number of hydrogen-bond donors (Lipinski definition) is 2. The van der Waals surface area contributed by atoms with Crippen molar-refractivity contribution in [2.24, 2.45) is 5.92 Å². The van der Waals surface area contributed by atoms with Crippen LogP contribution >= 0.6 is 0 Å². The smallest absolute Gasteiger partial charge is 0.325 e. The SMILES string of the molecule is CCC1CCC2(CC1)NC(=O)N(CC(=O)NCc1ccc(N3CC(C)OC(C)C3)c(F)c1)C2=O. The summed E-state index contributed by atoms with van der Waals surface area (Å²) in [4.78, 5) is 40.9. The third-order valence-electron chi connectivity index (χ3n) is 7.35. The number of carbonyl (C=O) groups excluding carboxylic acids is 3. The predicted molar refractivity (Wildman–Crippen MR) is 126 cm³/mol. The number of anilines is 1. The van der Waals surface area contributed by atoms with Crippen LogP contribution < -0.4 is 15.5 Å². The maximum atomic E-state index is 14.8. The van der Waals surface area contributed by atoms with Gasteiger partial charge in [-0.1, -0.05) is 19.4 Å². The van der Waals surface area contributed by atoms with E-state index in [-0.39, 0.29) is 37.0 Å². The largest absolute Gasteiger partial charge is 0.372 e. The minimum absolute atomic E-state index is 0.0217. The highest BCUT2D eigenvalue weighted by atomic mass is 19.1. The van der Waals surface area contributed by atoms with E-state index in [2.05, 4.69) is 17.6 Å². The highest BCUT2D eigenvalue weighted by Gasteiger charge is 2.52. The molecule has 2 heterocycles. The van der Waals surface area contributed by atoms with Crippen molar-refractivity contribution in [3.63, 3.8) is 0 Å². The van der Waals surface area contributed by atoms with Crippen LogP contribution in [-0.4, -0.2) is 60.1 Å². The molecule has 1 aliphatic carbocycles. The summed E-state index contributed by atoms with van der Waals surface area (Å²) in [6.07, 6.45) is 4.12. The Labute approximate surface area is 200 Å². The molecule has 9 heteroatoms. The lowest BCUT2D eigenvalue weighted by Gasteiger charge is -2.37. The Morgan fingerprint density at radius 3 is 2.50 bits per heavy atom. The van der Waals surface area contributed by atoms with Crippen molar-refractivity contribution in [2.75, 3.05) is 24.5 Å². The van der Waals surface area contributed by atoms with E-state index < -0.39 is 17.5 Å². The number of nitrogens with one attached hydrogen (secondary N) is 2. The second-order valence-corrected chi connectivity index (χ2v) is 9.98. The van der Waals surface area contributed by atoms with Gasteiger partial charge in [-0.05, 0) is 63.1 Å². The Kier molecular flexibility index (Phi) is 7.12.